The molecular weight excluding hydrogens is 394 g/mol. The number of nitrogens with zero attached hydrogens (tertiary/aromatic N) is 3. The summed E-state index contributed by atoms with van der Waals surface area (Å²) in [7, 11) is 0. The highest BCUT2D eigenvalue weighted by atomic mass is 19.4. The van der Waals surface area contributed by atoms with E-state index in [1.807, 2.05) is 0 Å². The van der Waals surface area contributed by atoms with Crippen molar-refractivity contribution in [3.05, 3.63) is 41.5 Å². The summed E-state index contributed by atoms with van der Waals surface area (Å²) in [4.78, 5) is 24.1. The van der Waals surface area contributed by atoms with Crippen LogP contribution in [0.3, 0.4) is 0 Å². The molecule has 1 fully saturated rings. The fourth-order valence-electron chi connectivity index (χ4n) is 3.23. The van der Waals surface area contributed by atoms with Gasteiger partial charge in [0.05, 0.1) is 5.69 Å². The number of amides is 2. The summed E-state index contributed by atoms with van der Waals surface area (Å²) in [5.74, 6) is -1.85. The van der Waals surface area contributed by atoms with E-state index in [0.717, 1.165) is 49.9 Å². The van der Waals surface area contributed by atoms with Crippen LogP contribution in [0, 0.1) is 11.7 Å². The van der Waals surface area contributed by atoms with Gasteiger partial charge >= 0.3 is 6.18 Å². The number of rotatable bonds is 6. The largest absolute Gasteiger partial charge is 0.435 e. The lowest BCUT2D eigenvalue weighted by molar-refractivity contribution is -0.143. The van der Waals surface area contributed by atoms with Gasteiger partial charge in [-0.05, 0) is 37.1 Å². The number of carbonyl (C=O) groups excluding carboxylic acids is 2. The molecule has 1 aliphatic rings. The van der Waals surface area contributed by atoms with E-state index in [9.17, 15) is 27.2 Å². The second kappa shape index (κ2) is 8.58. The molecule has 1 aromatic carbocycles. The van der Waals surface area contributed by atoms with Crippen molar-refractivity contribution in [2.24, 2.45) is 5.92 Å². The molecule has 1 aromatic heterocycles. The fourth-order valence-corrected chi connectivity index (χ4v) is 3.23. The Kier molecular flexibility index (Phi) is 6.14. The standard InChI is InChI=1S/C18H19F4N5O2/c19-12-5-7-13(8-6-12)27-15(18(20,21)22)14(25-26-27)17(29)24-10-9-23-16(28)11-3-1-2-4-11/h5-8,11H,1-4,9-10H2,(H,23,28)(H,24,29). The molecule has 2 aromatic rings. The van der Waals surface area contributed by atoms with Gasteiger partial charge in [0, 0.05) is 19.0 Å². The predicted molar refractivity (Wildman–Crippen MR) is 93.6 cm³/mol. The summed E-state index contributed by atoms with van der Waals surface area (Å²) in [6.07, 6.45) is -1.28. The first-order chi connectivity index (χ1) is 13.8. The van der Waals surface area contributed by atoms with E-state index in [1.54, 1.807) is 0 Å². The van der Waals surface area contributed by atoms with Crippen LogP contribution in [0.25, 0.3) is 5.69 Å². The van der Waals surface area contributed by atoms with Crippen LogP contribution in [0.4, 0.5) is 17.6 Å². The lowest BCUT2D eigenvalue weighted by atomic mass is 10.1. The number of benzene rings is 1. The number of halogens is 4. The van der Waals surface area contributed by atoms with Crippen LogP contribution in [-0.4, -0.2) is 39.9 Å². The lowest BCUT2D eigenvalue weighted by Gasteiger charge is -2.12. The summed E-state index contributed by atoms with van der Waals surface area (Å²) >= 11 is 0. The van der Waals surface area contributed by atoms with Gasteiger partial charge in [0.2, 0.25) is 5.91 Å². The first kappa shape index (κ1) is 20.7. The summed E-state index contributed by atoms with van der Waals surface area (Å²) in [5.41, 5.74) is -2.35. The van der Waals surface area contributed by atoms with E-state index in [0.29, 0.717) is 4.68 Å². The summed E-state index contributed by atoms with van der Waals surface area (Å²) in [6, 6.07) is 4.15. The van der Waals surface area contributed by atoms with E-state index in [2.05, 4.69) is 20.9 Å². The van der Waals surface area contributed by atoms with Crippen molar-refractivity contribution in [2.75, 3.05) is 13.1 Å². The van der Waals surface area contributed by atoms with E-state index >= 15 is 0 Å². The molecule has 0 spiro atoms. The second-order valence-corrected chi connectivity index (χ2v) is 6.70. The van der Waals surface area contributed by atoms with Crippen molar-refractivity contribution in [1.82, 2.24) is 25.6 Å². The number of aromatic nitrogens is 3. The average Bonchev–Trinajstić information content (AvgIpc) is 3.35. The van der Waals surface area contributed by atoms with Gasteiger partial charge in [-0.1, -0.05) is 18.1 Å². The van der Waals surface area contributed by atoms with Crippen LogP contribution in [0.15, 0.2) is 24.3 Å². The van der Waals surface area contributed by atoms with E-state index in [-0.39, 0.29) is 30.6 Å². The number of hydrogen-bond donors (Lipinski definition) is 2. The molecule has 1 saturated carbocycles. The summed E-state index contributed by atoms with van der Waals surface area (Å²) < 4.78 is 54.0. The van der Waals surface area contributed by atoms with Crippen LogP contribution in [0.5, 0.6) is 0 Å². The van der Waals surface area contributed by atoms with Crippen molar-refractivity contribution < 1.29 is 27.2 Å². The molecular formula is C18H19F4N5O2. The number of carbonyl (C=O) groups is 2. The van der Waals surface area contributed by atoms with Crippen molar-refractivity contribution >= 4 is 11.8 Å². The first-order valence-electron chi connectivity index (χ1n) is 9.12. The number of alkyl halides is 3. The van der Waals surface area contributed by atoms with Crippen LogP contribution >= 0.6 is 0 Å². The average molecular weight is 413 g/mol. The Balaban J connectivity index is 1.67. The van der Waals surface area contributed by atoms with Gasteiger partial charge in [0.25, 0.3) is 5.91 Å². The molecule has 0 bridgehead atoms. The third kappa shape index (κ3) is 4.90. The summed E-state index contributed by atoms with van der Waals surface area (Å²) in [6.45, 7) is 0.0342. The van der Waals surface area contributed by atoms with Crippen LogP contribution in [-0.2, 0) is 11.0 Å². The van der Waals surface area contributed by atoms with Gasteiger partial charge < -0.3 is 10.6 Å². The van der Waals surface area contributed by atoms with Crippen LogP contribution in [0.1, 0.15) is 41.9 Å². The Morgan fingerprint density at radius 2 is 1.69 bits per heavy atom. The maximum atomic E-state index is 13.5. The molecule has 0 saturated heterocycles. The molecule has 0 atom stereocenters. The quantitative estimate of drug-likeness (QED) is 0.563. The van der Waals surface area contributed by atoms with Crippen LogP contribution in [0.2, 0.25) is 0 Å². The minimum atomic E-state index is -4.92. The molecule has 2 amide bonds. The predicted octanol–water partition coefficient (Wildman–Crippen LogP) is 2.46. The zero-order chi connectivity index (χ0) is 21.0. The van der Waals surface area contributed by atoms with Crippen molar-refractivity contribution in [1.29, 1.82) is 0 Å². The van der Waals surface area contributed by atoms with Crippen molar-refractivity contribution in [2.45, 2.75) is 31.9 Å². The van der Waals surface area contributed by atoms with Gasteiger partial charge in [0.1, 0.15) is 5.82 Å². The normalized spacial score (nSPS) is 14.8. The third-order valence-corrected chi connectivity index (χ3v) is 4.66. The molecule has 11 heteroatoms. The van der Waals surface area contributed by atoms with E-state index < -0.39 is 29.3 Å². The number of nitrogens with one attached hydrogen (secondary N) is 2. The van der Waals surface area contributed by atoms with Gasteiger partial charge in [0.15, 0.2) is 11.4 Å². The fraction of sp³-hybridized carbons (Fsp3) is 0.444. The highest BCUT2D eigenvalue weighted by Gasteiger charge is 2.42. The Hall–Kier alpha value is -2.98. The Morgan fingerprint density at radius 3 is 2.31 bits per heavy atom. The SMILES string of the molecule is O=C(NCCNC(=O)C1CCCC1)c1nnn(-c2ccc(F)cc2)c1C(F)(F)F. The topological polar surface area (TPSA) is 88.9 Å². The van der Waals surface area contributed by atoms with Crippen molar-refractivity contribution in [3.63, 3.8) is 0 Å². The minimum Gasteiger partial charge on any atom is -0.354 e. The maximum Gasteiger partial charge on any atom is 0.435 e. The first-order valence-corrected chi connectivity index (χ1v) is 9.12. The van der Waals surface area contributed by atoms with E-state index in [4.69, 9.17) is 0 Å². The molecule has 0 radical (unpaired) electrons. The zero-order valence-electron chi connectivity index (χ0n) is 15.3. The highest BCUT2D eigenvalue weighted by molar-refractivity contribution is 5.93. The molecule has 156 valence electrons. The molecule has 1 heterocycles. The molecule has 0 aliphatic heterocycles. The molecule has 0 unspecified atom stereocenters. The third-order valence-electron chi connectivity index (χ3n) is 4.66. The number of hydrogen-bond acceptors (Lipinski definition) is 4. The van der Waals surface area contributed by atoms with Crippen LogP contribution < -0.4 is 10.6 Å². The van der Waals surface area contributed by atoms with Crippen molar-refractivity contribution in [3.8, 4) is 5.69 Å². The molecule has 7 nitrogen and oxygen atoms in total. The summed E-state index contributed by atoms with van der Waals surface area (Å²) in [5, 5.41) is 11.7. The molecule has 1 aliphatic carbocycles. The maximum absolute atomic E-state index is 13.5. The Bertz CT molecular complexity index is 873. The molecule has 3 rings (SSSR count). The monoisotopic (exact) mass is 413 g/mol. The highest BCUT2D eigenvalue weighted by Crippen LogP contribution is 2.32. The smallest absolute Gasteiger partial charge is 0.354 e. The lowest BCUT2D eigenvalue weighted by Crippen LogP contribution is -2.37. The zero-order valence-corrected chi connectivity index (χ0v) is 15.3. The van der Waals surface area contributed by atoms with Gasteiger partial charge in [-0.25, -0.2) is 9.07 Å². The Labute approximate surface area is 163 Å². The minimum absolute atomic E-state index is 0.0434. The van der Waals surface area contributed by atoms with Gasteiger partial charge in [-0.3, -0.25) is 9.59 Å². The van der Waals surface area contributed by atoms with E-state index in [1.165, 1.54) is 0 Å². The second-order valence-electron chi connectivity index (χ2n) is 6.70. The Morgan fingerprint density at radius 1 is 1.07 bits per heavy atom. The molecule has 2 N–H and O–H groups in total. The molecule has 29 heavy (non-hydrogen) atoms. The van der Waals surface area contributed by atoms with Gasteiger partial charge in [-0.15, -0.1) is 5.10 Å². The van der Waals surface area contributed by atoms with Gasteiger partial charge in [-0.2, -0.15) is 13.2 Å².